The van der Waals surface area contributed by atoms with Gasteiger partial charge in [0.25, 0.3) is 0 Å². The number of aryl methyl sites for hydroxylation is 1. The van der Waals surface area contributed by atoms with Crippen LogP contribution in [-0.2, 0) is 17.3 Å². The van der Waals surface area contributed by atoms with Gasteiger partial charge in [-0.2, -0.15) is 5.10 Å². The minimum atomic E-state index is -0.418. The van der Waals surface area contributed by atoms with Crippen LogP contribution in [0.1, 0.15) is 25.1 Å². The van der Waals surface area contributed by atoms with E-state index in [9.17, 15) is 4.79 Å². The van der Waals surface area contributed by atoms with Gasteiger partial charge in [-0.25, -0.2) is 0 Å². The van der Waals surface area contributed by atoms with Crippen LogP contribution in [0.4, 0.5) is 0 Å². The fourth-order valence-corrected chi connectivity index (χ4v) is 1.19. The molecule has 0 spiro atoms. The monoisotopic (exact) mass is 166 g/mol. The van der Waals surface area contributed by atoms with Crippen LogP contribution in [0, 0.1) is 6.92 Å². The summed E-state index contributed by atoms with van der Waals surface area (Å²) in [6.45, 7) is 5.75. The third-order valence-corrected chi connectivity index (χ3v) is 2.22. The molecule has 66 valence electrons. The van der Waals surface area contributed by atoms with Crippen LogP contribution in [0.2, 0.25) is 0 Å². The molecule has 0 saturated heterocycles. The Morgan fingerprint density at radius 3 is 2.50 bits per heavy atom. The van der Waals surface area contributed by atoms with Crippen LogP contribution < -0.4 is 0 Å². The van der Waals surface area contributed by atoms with Gasteiger partial charge in [0.15, 0.2) is 0 Å². The van der Waals surface area contributed by atoms with E-state index in [1.807, 2.05) is 27.8 Å². The molecule has 1 heterocycles. The summed E-state index contributed by atoms with van der Waals surface area (Å²) in [6.07, 6.45) is 2.71. The third-order valence-electron chi connectivity index (χ3n) is 2.22. The lowest BCUT2D eigenvalue weighted by Gasteiger charge is -2.15. The predicted molar refractivity (Wildman–Crippen MR) is 47.0 cm³/mol. The highest BCUT2D eigenvalue weighted by atomic mass is 16.1. The molecule has 0 radical (unpaired) electrons. The second-order valence-corrected chi connectivity index (χ2v) is 3.61. The molecule has 3 nitrogen and oxygen atoms in total. The van der Waals surface area contributed by atoms with E-state index in [0.717, 1.165) is 17.5 Å². The Morgan fingerprint density at radius 2 is 2.17 bits per heavy atom. The summed E-state index contributed by atoms with van der Waals surface area (Å²) < 4.78 is 1.78. The number of carbonyl (C=O) groups is 1. The first-order valence-corrected chi connectivity index (χ1v) is 3.94. The topological polar surface area (TPSA) is 34.9 Å². The quantitative estimate of drug-likeness (QED) is 0.619. The molecule has 1 aromatic rings. The molecule has 0 amide bonds. The van der Waals surface area contributed by atoms with E-state index < -0.39 is 5.41 Å². The highest BCUT2D eigenvalue weighted by Gasteiger charge is 2.23. The summed E-state index contributed by atoms with van der Waals surface area (Å²) in [5, 5.41) is 4.09. The molecule has 0 aliphatic heterocycles. The fourth-order valence-electron chi connectivity index (χ4n) is 1.19. The minimum Gasteiger partial charge on any atom is -0.302 e. The van der Waals surface area contributed by atoms with E-state index in [0.29, 0.717) is 0 Å². The number of nitrogens with zero attached hydrogens (tertiary/aromatic N) is 2. The fraction of sp³-hybridized carbons (Fsp3) is 0.556. The van der Waals surface area contributed by atoms with Crippen molar-refractivity contribution in [2.24, 2.45) is 7.05 Å². The normalized spacial score (nSPS) is 11.7. The molecule has 0 aromatic carbocycles. The van der Waals surface area contributed by atoms with E-state index in [-0.39, 0.29) is 0 Å². The maximum absolute atomic E-state index is 10.8. The molecule has 12 heavy (non-hydrogen) atoms. The third kappa shape index (κ3) is 1.26. The zero-order valence-electron chi connectivity index (χ0n) is 7.96. The maximum atomic E-state index is 10.8. The van der Waals surface area contributed by atoms with Crippen molar-refractivity contribution in [2.45, 2.75) is 26.2 Å². The zero-order valence-corrected chi connectivity index (χ0v) is 7.96. The van der Waals surface area contributed by atoms with Crippen LogP contribution >= 0.6 is 0 Å². The van der Waals surface area contributed by atoms with E-state index in [2.05, 4.69) is 5.10 Å². The van der Waals surface area contributed by atoms with Gasteiger partial charge in [0.1, 0.15) is 6.29 Å². The number of aldehydes is 1. The van der Waals surface area contributed by atoms with E-state index in [1.54, 1.807) is 10.9 Å². The second kappa shape index (κ2) is 2.73. The van der Waals surface area contributed by atoms with Gasteiger partial charge in [-0.3, -0.25) is 4.68 Å². The largest absolute Gasteiger partial charge is 0.302 e. The average molecular weight is 166 g/mol. The van der Waals surface area contributed by atoms with Crippen molar-refractivity contribution in [2.75, 3.05) is 0 Å². The average Bonchev–Trinajstić information content (AvgIpc) is 2.33. The van der Waals surface area contributed by atoms with E-state index in [1.165, 1.54) is 0 Å². The van der Waals surface area contributed by atoms with Gasteiger partial charge in [-0.05, 0) is 20.8 Å². The molecule has 0 unspecified atom stereocenters. The van der Waals surface area contributed by atoms with Crippen molar-refractivity contribution in [1.29, 1.82) is 0 Å². The van der Waals surface area contributed by atoms with Crippen LogP contribution in [0.3, 0.4) is 0 Å². The summed E-state index contributed by atoms with van der Waals surface area (Å²) in [6, 6.07) is 0. The highest BCUT2D eigenvalue weighted by Crippen LogP contribution is 2.22. The SMILES string of the molecule is Cc1c(C(C)(C)C=O)cnn1C. The van der Waals surface area contributed by atoms with Gasteiger partial charge >= 0.3 is 0 Å². The van der Waals surface area contributed by atoms with Crippen molar-refractivity contribution < 1.29 is 4.79 Å². The molecule has 0 N–H and O–H groups in total. The number of carbonyl (C=O) groups excluding carboxylic acids is 1. The smallest absolute Gasteiger partial charge is 0.130 e. The standard InChI is InChI=1S/C9H14N2O/c1-7-8(5-10-11(7)4)9(2,3)6-12/h5-6H,1-4H3. The Balaban J connectivity index is 3.19. The number of rotatable bonds is 2. The molecule has 0 saturated carbocycles. The molecule has 1 rings (SSSR count). The van der Waals surface area contributed by atoms with Crippen LogP contribution in [0.25, 0.3) is 0 Å². The molecular formula is C9H14N2O. The zero-order chi connectivity index (χ0) is 9.35. The molecule has 3 heteroatoms. The van der Waals surface area contributed by atoms with Crippen molar-refractivity contribution in [1.82, 2.24) is 9.78 Å². The van der Waals surface area contributed by atoms with Gasteiger partial charge in [0, 0.05) is 23.7 Å². The Labute approximate surface area is 72.4 Å². The second-order valence-electron chi connectivity index (χ2n) is 3.61. The van der Waals surface area contributed by atoms with Crippen LogP contribution in [0.5, 0.6) is 0 Å². The summed E-state index contributed by atoms with van der Waals surface area (Å²) in [7, 11) is 1.87. The molecule has 0 fully saturated rings. The molecule has 0 aliphatic carbocycles. The summed E-state index contributed by atoms with van der Waals surface area (Å²) >= 11 is 0. The number of hydrogen-bond donors (Lipinski definition) is 0. The summed E-state index contributed by atoms with van der Waals surface area (Å²) in [5.74, 6) is 0. The van der Waals surface area contributed by atoms with Gasteiger partial charge in [0.05, 0.1) is 6.20 Å². The van der Waals surface area contributed by atoms with Gasteiger partial charge in [-0.15, -0.1) is 0 Å². The molecule has 0 aliphatic rings. The lowest BCUT2D eigenvalue weighted by atomic mass is 9.87. The Bertz CT molecular complexity index is 299. The lowest BCUT2D eigenvalue weighted by Crippen LogP contribution is -2.19. The first-order chi connectivity index (χ1) is 5.49. The Hall–Kier alpha value is -1.12. The van der Waals surface area contributed by atoms with E-state index >= 15 is 0 Å². The summed E-state index contributed by atoms with van der Waals surface area (Å²) in [4.78, 5) is 10.8. The van der Waals surface area contributed by atoms with Crippen LogP contribution in [0.15, 0.2) is 6.20 Å². The minimum absolute atomic E-state index is 0.418. The lowest BCUT2D eigenvalue weighted by molar-refractivity contribution is -0.111. The maximum Gasteiger partial charge on any atom is 0.130 e. The first kappa shape index (κ1) is 8.97. The van der Waals surface area contributed by atoms with Crippen molar-refractivity contribution in [3.8, 4) is 0 Å². The highest BCUT2D eigenvalue weighted by molar-refractivity contribution is 5.67. The summed E-state index contributed by atoms with van der Waals surface area (Å²) in [5.41, 5.74) is 1.63. The van der Waals surface area contributed by atoms with Crippen molar-refractivity contribution >= 4 is 6.29 Å². The van der Waals surface area contributed by atoms with E-state index in [4.69, 9.17) is 0 Å². The van der Waals surface area contributed by atoms with Crippen molar-refractivity contribution in [3.05, 3.63) is 17.5 Å². The molecule has 0 atom stereocenters. The number of hydrogen-bond acceptors (Lipinski definition) is 2. The van der Waals surface area contributed by atoms with Gasteiger partial charge in [0.2, 0.25) is 0 Å². The Morgan fingerprint density at radius 1 is 1.58 bits per heavy atom. The van der Waals surface area contributed by atoms with Gasteiger partial charge < -0.3 is 4.79 Å². The molecule has 1 aromatic heterocycles. The van der Waals surface area contributed by atoms with Crippen LogP contribution in [-0.4, -0.2) is 16.1 Å². The van der Waals surface area contributed by atoms with Gasteiger partial charge in [-0.1, -0.05) is 0 Å². The molecular weight excluding hydrogens is 152 g/mol. The number of aromatic nitrogens is 2. The molecule has 0 bridgehead atoms. The van der Waals surface area contributed by atoms with Crippen molar-refractivity contribution in [3.63, 3.8) is 0 Å². The first-order valence-electron chi connectivity index (χ1n) is 3.94. The predicted octanol–water partition coefficient (Wildman–Crippen LogP) is 1.21. The Kier molecular flexibility index (Phi) is 2.04.